The molecule has 2 heteroatoms. The molecule has 0 radical (unpaired) electrons. The topological polar surface area (TPSA) is 18.5 Å². The fourth-order valence-corrected chi connectivity index (χ4v) is 1.65. The first kappa shape index (κ1) is 5.69. The van der Waals surface area contributed by atoms with Crippen molar-refractivity contribution in [2.75, 3.05) is 19.8 Å². The van der Waals surface area contributed by atoms with Crippen molar-refractivity contribution in [1.82, 2.24) is 0 Å². The Morgan fingerprint density at radius 2 is 2.11 bits per heavy atom. The lowest BCUT2D eigenvalue weighted by atomic mass is 9.95. The van der Waals surface area contributed by atoms with Crippen molar-refractivity contribution in [2.24, 2.45) is 11.8 Å². The van der Waals surface area contributed by atoms with Crippen LogP contribution in [0.3, 0.4) is 0 Å². The highest BCUT2D eigenvalue weighted by Gasteiger charge is 2.38. The summed E-state index contributed by atoms with van der Waals surface area (Å²) in [7, 11) is 0. The molecule has 2 rings (SSSR count). The van der Waals surface area contributed by atoms with E-state index < -0.39 is 0 Å². The van der Waals surface area contributed by atoms with Gasteiger partial charge >= 0.3 is 0 Å². The Kier molecular flexibility index (Phi) is 1.24. The van der Waals surface area contributed by atoms with Crippen LogP contribution in [0.15, 0.2) is 0 Å². The van der Waals surface area contributed by atoms with Gasteiger partial charge in [-0.2, -0.15) is 0 Å². The third kappa shape index (κ3) is 0.775. The van der Waals surface area contributed by atoms with Gasteiger partial charge in [0.2, 0.25) is 0 Å². The fourth-order valence-electron chi connectivity index (χ4n) is 1.65. The smallest absolute Gasteiger partial charge is 0.0862 e. The minimum Gasteiger partial charge on any atom is -0.378 e. The lowest BCUT2D eigenvalue weighted by Gasteiger charge is -2.06. The van der Waals surface area contributed by atoms with E-state index in [0.717, 1.165) is 25.7 Å². The SMILES string of the molecule is CC1COC2COCC12. The van der Waals surface area contributed by atoms with Gasteiger partial charge in [-0.1, -0.05) is 6.92 Å². The van der Waals surface area contributed by atoms with E-state index in [-0.39, 0.29) is 0 Å². The summed E-state index contributed by atoms with van der Waals surface area (Å²) in [6.07, 6.45) is 0.431. The minimum atomic E-state index is 0.431. The molecule has 0 N–H and O–H groups in total. The average molecular weight is 128 g/mol. The van der Waals surface area contributed by atoms with Gasteiger partial charge in [-0.05, 0) is 5.92 Å². The molecule has 52 valence electrons. The Bertz CT molecular complexity index is 113. The number of ether oxygens (including phenoxy) is 2. The summed E-state index contributed by atoms with van der Waals surface area (Å²) in [5.74, 6) is 1.42. The molecule has 2 fully saturated rings. The van der Waals surface area contributed by atoms with Crippen molar-refractivity contribution in [2.45, 2.75) is 13.0 Å². The molecule has 9 heavy (non-hydrogen) atoms. The highest BCUT2D eigenvalue weighted by molar-refractivity contribution is 4.84. The summed E-state index contributed by atoms with van der Waals surface area (Å²) >= 11 is 0. The van der Waals surface area contributed by atoms with Gasteiger partial charge in [0.25, 0.3) is 0 Å². The summed E-state index contributed by atoms with van der Waals surface area (Å²) in [5, 5.41) is 0. The van der Waals surface area contributed by atoms with E-state index in [1.54, 1.807) is 0 Å². The van der Waals surface area contributed by atoms with Crippen molar-refractivity contribution in [3.8, 4) is 0 Å². The maximum absolute atomic E-state index is 5.46. The normalized spacial score (nSPS) is 49.7. The minimum absolute atomic E-state index is 0.431. The van der Waals surface area contributed by atoms with Crippen LogP contribution in [-0.2, 0) is 9.47 Å². The van der Waals surface area contributed by atoms with Crippen molar-refractivity contribution in [3.63, 3.8) is 0 Å². The predicted molar refractivity (Wildman–Crippen MR) is 33.2 cm³/mol. The van der Waals surface area contributed by atoms with Crippen molar-refractivity contribution in [1.29, 1.82) is 0 Å². The van der Waals surface area contributed by atoms with Crippen LogP contribution < -0.4 is 0 Å². The van der Waals surface area contributed by atoms with Crippen LogP contribution in [0.25, 0.3) is 0 Å². The first-order valence-electron chi connectivity index (χ1n) is 3.57. The van der Waals surface area contributed by atoms with Crippen molar-refractivity contribution in [3.05, 3.63) is 0 Å². The number of hydrogen-bond donors (Lipinski definition) is 0. The summed E-state index contributed by atoms with van der Waals surface area (Å²) in [6, 6.07) is 0. The van der Waals surface area contributed by atoms with Gasteiger partial charge < -0.3 is 9.47 Å². The molecular formula is C7H12O2. The van der Waals surface area contributed by atoms with Crippen LogP contribution in [0.2, 0.25) is 0 Å². The van der Waals surface area contributed by atoms with E-state index in [1.807, 2.05) is 0 Å². The Morgan fingerprint density at radius 3 is 2.89 bits per heavy atom. The van der Waals surface area contributed by atoms with Gasteiger partial charge in [-0.15, -0.1) is 0 Å². The molecule has 0 aromatic rings. The van der Waals surface area contributed by atoms with Crippen LogP contribution in [0.4, 0.5) is 0 Å². The lowest BCUT2D eigenvalue weighted by molar-refractivity contribution is 0.0657. The molecule has 2 heterocycles. The molecule has 2 aliphatic rings. The molecule has 0 saturated carbocycles. The van der Waals surface area contributed by atoms with Gasteiger partial charge in [-0.3, -0.25) is 0 Å². The van der Waals surface area contributed by atoms with Gasteiger partial charge in [-0.25, -0.2) is 0 Å². The molecule has 0 aliphatic carbocycles. The zero-order valence-electron chi connectivity index (χ0n) is 5.67. The van der Waals surface area contributed by atoms with E-state index in [1.165, 1.54) is 0 Å². The Balaban J connectivity index is 2.07. The molecule has 2 nitrogen and oxygen atoms in total. The van der Waals surface area contributed by atoms with E-state index in [4.69, 9.17) is 9.47 Å². The van der Waals surface area contributed by atoms with E-state index in [0.29, 0.717) is 12.0 Å². The number of rotatable bonds is 0. The van der Waals surface area contributed by atoms with Crippen LogP contribution in [0, 0.1) is 11.8 Å². The van der Waals surface area contributed by atoms with Crippen molar-refractivity contribution >= 4 is 0 Å². The third-order valence-electron chi connectivity index (χ3n) is 2.37. The summed E-state index contributed by atoms with van der Waals surface area (Å²) < 4.78 is 10.7. The Morgan fingerprint density at radius 1 is 1.22 bits per heavy atom. The van der Waals surface area contributed by atoms with Crippen molar-refractivity contribution < 1.29 is 9.47 Å². The first-order chi connectivity index (χ1) is 4.38. The monoisotopic (exact) mass is 128 g/mol. The van der Waals surface area contributed by atoms with Gasteiger partial charge in [0.05, 0.1) is 25.9 Å². The standard InChI is InChI=1S/C7H12O2/c1-5-2-9-7-4-8-3-6(5)7/h5-7H,2-4H2,1H3. The molecule has 3 atom stereocenters. The predicted octanol–water partition coefficient (Wildman–Crippen LogP) is 0.668. The number of fused-ring (bicyclic) bond motifs is 1. The molecule has 0 spiro atoms. The van der Waals surface area contributed by atoms with Crippen LogP contribution >= 0.6 is 0 Å². The Hall–Kier alpha value is -0.0800. The third-order valence-corrected chi connectivity index (χ3v) is 2.37. The quantitative estimate of drug-likeness (QED) is 0.477. The Labute approximate surface area is 55.1 Å². The average Bonchev–Trinajstić information content (AvgIpc) is 2.35. The molecule has 0 aromatic heterocycles. The number of hydrogen-bond acceptors (Lipinski definition) is 2. The van der Waals surface area contributed by atoms with Crippen LogP contribution in [0.1, 0.15) is 6.92 Å². The molecule has 0 bridgehead atoms. The molecule has 0 aromatic carbocycles. The van der Waals surface area contributed by atoms with Gasteiger partial charge in [0.1, 0.15) is 0 Å². The lowest BCUT2D eigenvalue weighted by Crippen LogP contribution is -2.15. The zero-order chi connectivity index (χ0) is 6.27. The fraction of sp³-hybridized carbons (Fsp3) is 1.00. The molecule has 0 amide bonds. The van der Waals surface area contributed by atoms with Crippen LogP contribution in [-0.4, -0.2) is 25.9 Å². The van der Waals surface area contributed by atoms with Crippen LogP contribution in [0.5, 0.6) is 0 Å². The second-order valence-corrected chi connectivity index (χ2v) is 3.05. The zero-order valence-corrected chi connectivity index (χ0v) is 5.67. The van der Waals surface area contributed by atoms with E-state index >= 15 is 0 Å². The second-order valence-electron chi connectivity index (χ2n) is 3.05. The molecule has 3 unspecified atom stereocenters. The van der Waals surface area contributed by atoms with E-state index in [9.17, 15) is 0 Å². The maximum Gasteiger partial charge on any atom is 0.0862 e. The second kappa shape index (κ2) is 1.96. The summed E-state index contributed by atoms with van der Waals surface area (Å²) in [5.41, 5.74) is 0. The summed E-state index contributed by atoms with van der Waals surface area (Å²) in [6.45, 7) is 4.93. The highest BCUT2D eigenvalue weighted by Crippen LogP contribution is 2.31. The first-order valence-corrected chi connectivity index (χ1v) is 3.57. The molecule has 2 saturated heterocycles. The maximum atomic E-state index is 5.46. The summed E-state index contributed by atoms with van der Waals surface area (Å²) in [4.78, 5) is 0. The molecular weight excluding hydrogens is 116 g/mol. The molecule has 2 aliphatic heterocycles. The largest absolute Gasteiger partial charge is 0.378 e. The van der Waals surface area contributed by atoms with Gasteiger partial charge in [0.15, 0.2) is 0 Å². The van der Waals surface area contributed by atoms with E-state index in [2.05, 4.69) is 6.92 Å². The van der Waals surface area contributed by atoms with Gasteiger partial charge in [0, 0.05) is 5.92 Å². The highest BCUT2D eigenvalue weighted by atomic mass is 16.6.